The first-order valence-electron chi connectivity index (χ1n) is 12.4. The molecular weight excluding hydrogens is 535 g/mol. The van der Waals surface area contributed by atoms with Crippen LogP contribution < -0.4 is 10.1 Å². The lowest BCUT2D eigenvalue weighted by Gasteiger charge is -2.20. The topological polar surface area (TPSA) is 96.0 Å². The number of hydrogen-bond acceptors (Lipinski definition) is 6. The number of amides is 1. The van der Waals surface area contributed by atoms with Crippen molar-refractivity contribution in [2.24, 2.45) is 0 Å². The predicted octanol–water partition coefficient (Wildman–Crippen LogP) is 3.42. The van der Waals surface area contributed by atoms with Gasteiger partial charge in [0.15, 0.2) is 0 Å². The number of sulfonamides is 1. The SMILES string of the molecule is COc1cc(C)c(S(=O)(=O)N(C)CCC(=O)NCc2ccc3c(c2)CCN(C)CC3)c(C)c1.O=CC(F)(F)F. The molecule has 2 aromatic rings. The van der Waals surface area contributed by atoms with Crippen LogP contribution in [-0.2, 0) is 39.0 Å². The minimum Gasteiger partial charge on any atom is -0.497 e. The fourth-order valence-corrected chi connectivity index (χ4v) is 5.83. The summed E-state index contributed by atoms with van der Waals surface area (Å²) in [4.78, 5) is 23.7. The van der Waals surface area contributed by atoms with E-state index in [-0.39, 0.29) is 23.8 Å². The van der Waals surface area contributed by atoms with Crippen LogP contribution in [0.3, 0.4) is 0 Å². The highest BCUT2D eigenvalue weighted by Gasteiger charge is 2.26. The zero-order valence-corrected chi connectivity index (χ0v) is 23.7. The van der Waals surface area contributed by atoms with E-state index < -0.39 is 22.5 Å². The average molecular weight is 572 g/mol. The Morgan fingerprint density at radius 2 is 1.67 bits per heavy atom. The molecule has 0 aliphatic carbocycles. The zero-order valence-electron chi connectivity index (χ0n) is 22.9. The molecule has 0 radical (unpaired) electrons. The molecule has 0 saturated carbocycles. The number of carbonyl (C=O) groups excluding carboxylic acids is 2. The molecule has 0 saturated heterocycles. The zero-order chi connectivity index (χ0) is 29.4. The van der Waals surface area contributed by atoms with Crippen LogP contribution in [0.15, 0.2) is 35.2 Å². The number of aryl methyl sites for hydroxylation is 2. The molecule has 0 aromatic heterocycles. The van der Waals surface area contributed by atoms with Gasteiger partial charge in [-0.1, -0.05) is 18.2 Å². The first-order valence-corrected chi connectivity index (χ1v) is 13.8. The van der Waals surface area contributed by atoms with Crippen LogP contribution in [0.25, 0.3) is 0 Å². The van der Waals surface area contributed by atoms with Crippen molar-refractivity contribution in [3.63, 3.8) is 0 Å². The Bertz CT molecular complexity index is 1240. The van der Waals surface area contributed by atoms with E-state index >= 15 is 0 Å². The molecule has 0 atom stereocenters. The highest BCUT2D eigenvalue weighted by molar-refractivity contribution is 7.89. The van der Waals surface area contributed by atoms with Crippen molar-refractivity contribution < 1.29 is 35.9 Å². The van der Waals surface area contributed by atoms with Crippen LogP contribution in [0.5, 0.6) is 5.75 Å². The lowest BCUT2D eigenvalue weighted by molar-refractivity contribution is -0.156. The fourth-order valence-electron chi connectivity index (χ4n) is 4.26. The summed E-state index contributed by atoms with van der Waals surface area (Å²) in [7, 11) is 1.49. The number of rotatable bonds is 8. The third-order valence-corrected chi connectivity index (χ3v) is 8.57. The third kappa shape index (κ3) is 9.63. The lowest BCUT2D eigenvalue weighted by Crippen LogP contribution is -2.33. The first-order chi connectivity index (χ1) is 18.2. The van der Waals surface area contributed by atoms with Gasteiger partial charge in [-0.25, -0.2) is 12.7 Å². The molecule has 8 nitrogen and oxygen atoms in total. The van der Waals surface area contributed by atoms with Crippen LogP contribution >= 0.6 is 0 Å². The van der Waals surface area contributed by atoms with Crippen LogP contribution in [0, 0.1) is 13.8 Å². The Morgan fingerprint density at radius 3 is 2.21 bits per heavy atom. The second-order valence-corrected chi connectivity index (χ2v) is 11.5. The summed E-state index contributed by atoms with van der Waals surface area (Å²) < 4.78 is 63.9. The molecule has 0 spiro atoms. The number of aldehydes is 1. The fraction of sp³-hybridized carbons (Fsp3) is 0.481. The van der Waals surface area contributed by atoms with Gasteiger partial charge in [0.05, 0.1) is 12.0 Å². The Balaban J connectivity index is 0.000000798. The summed E-state index contributed by atoms with van der Waals surface area (Å²) in [6.45, 7) is 6.15. The summed E-state index contributed by atoms with van der Waals surface area (Å²) in [5.74, 6) is 0.450. The number of nitrogens with zero attached hydrogens (tertiary/aromatic N) is 2. The summed E-state index contributed by atoms with van der Waals surface area (Å²) in [5.41, 5.74) is 5.04. The monoisotopic (exact) mass is 571 g/mol. The average Bonchev–Trinajstić information content (AvgIpc) is 3.06. The van der Waals surface area contributed by atoms with E-state index in [4.69, 9.17) is 9.53 Å². The molecule has 3 rings (SSSR count). The van der Waals surface area contributed by atoms with Gasteiger partial charge in [-0.15, -0.1) is 0 Å². The van der Waals surface area contributed by atoms with E-state index in [2.05, 4.69) is 35.5 Å². The maximum absolute atomic E-state index is 13.1. The molecule has 1 aliphatic heterocycles. The number of benzene rings is 2. The maximum Gasteiger partial charge on any atom is 0.446 e. The van der Waals surface area contributed by atoms with Crippen LogP contribution in [-0.4, -0.2) is 76.8 Å². The number of alkyl halides is 3. The summed E-state index contributed by atoms with van der Waals surface area (Å²) >= 11 is 0. The summed E-state index contributed by atoms with van der Waals surface area (Å²) in [6, 6.07) is 9.82. The molecule has 12 heteroatoms. The molecule has 2 aromatic carbocycles. The molecule has 0 unspecified atom stereocenters. The van der Waals surface area contributed by atoms with Crippen molar-refractivity contribution >= 4 is 22.2 Å². The number of likely N-dealkylation sites (N-methyl/N-ethyl adjacent to an activating group) is 1. The van der Waals surface area contributed by atoms with Gasteiger partial charge < -0.3 is 15.0 Å². The number of methoxy groups -OCH3 is 1. The largest absolute Gasteiger partial charge is 0.497 e. The molecule has 0 fully saturated rings. The van der Waals surface area contributed by atoms with Crippen molar-refractivity contribution in [3.05, 3.63) is 58.1 Å². The second-order valence-electron chi connectivity index (χ2n) is 9.51. The highest BCUT2D eigenvalue weighted by Crippen LogP contribution is 2.27. The Kier molecular flexibility index (Phi) is 11.5. The van der Waals surface area contributed by atoms with Crippen molar-refractivity contribution in [1.82, 2.24) is 14.5 Å². The van der Waals surface area contributed by atoms with Gasteiger partial charge in [-0.05, 0) is 73.7 Å². The van der Waals surface area contributed by atoms with E-state index in [0.29, 0.717) is 23.4 Å². The highest BCUT2D eigenvalue weighted by atomic mass is 32.2. The van der Waals surface area contributed by atoms with Crippen molar-refractivity contribution in [2.45, 2.75) is 50.7 Å². The molecule has 0 bridgehead atoms. The molecule has 1 heterocycles. The van der Waals surface area contributed by atoms with Gasteiger partial charge in [-0.3, -0.25) is 9.59 Å². The van der Waals surface area contributed by atoms with Crippen LogP contribution in [0.1, 0.15) is 34.2 Å². The van der Waals surface area contributed by atoms with Gasteiger partial charge in [0.25, 0.3) is 0 Å². The standard InChI is InChI=1S/C25H35N3O4S.C2HF3O/c1-18-14-23(32-5)15-19(2)25(18)33(30,31)28(4)13-10-24(29)26-17-20-6-7-21-8-11-27(3)12-9-22(21)16-20;3-2(4,5)1-6/h6-7,14-16H,8-13,17H2,1-5H3,(H,26,29);1H. The molecule has 1 N–H and O–H groups in total. The van der Waals surface area contributed by atoms with Crippen LogP contribution in [0.4, 0.5) is 13.2 Å². The molecule has 39 heavy (non-hydrogen) atoms. The van der Waals surface area contributed by atoms with Gasteiger partial charge in [0.1, 0.15) is 5.75 Å². The minimum atomic E-state index is -4.64. The maximum atomic E-state index is 13.1. The number of hydrogen-bond donors (Lipinski definition) is 1. The van der Waals surface area contributed by atoms with E-state index in [1.54, 1.807) is 33.1 Å². The number of ether oxygens (including phenoxy) is 1. The minimum absolute atomic E-state index is 0.0969. The molecular formula is C27H36F3N3O5S. The Labute approximate surface area is 228 Å². The quantitative estimate of drug-likeness (QED) is 0.488. The number of fused-ring (bicyclic) bond motifs is 1. The molecule has 216 valence electrons. The van der Waals surface area contributed by atoms with Gasteiger partial charge in [0, 0.05) is 39.6 Å². The van der Waals surface area contributed by atoms with Crippen molar-refractivity contribution in [3.8, 4) is 5.75 Å². The van der Waals surface area contributed by atoms with Gasteiger partial charge in [0.2, 0.25) is 22.2 Å². The normalized spacial score (nSPS) is 14.1. The van der Waals surface area contributed by atoms with E-state index in [0.717, 1.165) is 31.5 Å². The number of nitrogens with one attached hydrogen (secondary N) is 1. The van der Waals surface area contributed by atoms with Crippen molar-refractivity contribution in [1.29, 1.82) is 0 Å². The van der Waals surface area contributed by atoms with E-state index in [1.807, 2.05) is 0 Å². The molecule has 1 amide bonds. The third-order valence-electron chi connectivity index (χ3n) is 6.41. The smallest absolute Gasteiger partial charge is 0.446 e. The predicted molar refractivity (Wildman–Crippen MR) is 142 cm³/mol. The Morgan fingerprint density at radius 1 is 1.10 bits per heavy atom. The van der Waals surface area contributed by atoms with Gasteiger partial charge >= 0.3 is 6.18 Å². The van der Waals surface area contributed by atoms with Gasteiger partial charge in [-0.2, -0.15) is 13.2 Å². The number of halogens is 3. The van der Waals surface area contributed by atoms with Crippen molar-refractivity contribution in [2.75, 3.05) is 40.8 Å². The summed E-state index contributed by atoms with van der Waals surface area (Å²) in [6.07, 6.45) is -3.54. The second kappa shape index (κ2) is 13.9. The number of carbonyl (C=O) groups is 2. The Hall–Kier alpha value is -2.96. The van der Waals surface area contributed by atoms with E-state index in [1.165, 1.54) is 22.5 Å². The lowest BCUT2D eigenvalue weighted by atomic mass is 10.00. The van der Waals surface area contributed by atoms with Crippen LogP contribution in [0.2, 0.25) is 0 Å². The van der Waals surface area contributed by atoms with E-state index in [9.17, 15) is 26.4 Å². The molecule has 1 aliphatic rings. The first kappa shape index (κ1) is 32.3. The summed E-state index contributed by atoms with van der Waals surface area (Å²) in [5, 5.41) is 2.93.